The van der Waals surface area contributed by atoms with Gasteiger partial charge in [0, 0.05) is 32.6 Å². The summed E-state index contributed by atoms with van der Waals surface area (Å²) in [7, 11) is 0. The normalized spacial score (nSPS) is 19.2. The first-order chi connectivity index (χ1) is 12.5. The Kier molecular flexibility index (Phi) is 5.46. The van der Waals surface area contributed by atoms with Gasteiger partial charge in [-0.25, -0.2) is 0 Å². The molecule has 1 aromatic carbocycles. The molecule has 1 N–H and O–H groups in total. The fourth-order valence-electron chi connectivity index (χ4n) is 4.34. The fourth-order valence-corrected chi connectivity index (χ4v) is 4.34. The molecule has 1 amide bonds. The van der Waals surface area contributed by atoms with Crippen LogP contribution in [0.4, 0.5) is 5.69 Å². The molecule has 0 unspecified atom stereocenters. The minimum atomic E-state index is -0.808. The van der Waals surface area contributed by atoms with E-state index in [1.165, 1.54) is 0 Å². The Morgan fingerprint density at radius 2 is 1.73 bits per heavy atom. The molecule has 1 aromatic rings. The van der Waals surface area contributed by atoms with Crippen molar-refractivity contribution in [3.63, 3.8) is 0 Å². The van der Waals surface area contributed by atoms with E-state index >= 15 is 0 Å². The summed E-state index contributed by atoms with van der Waals surface area (Å²) in [6, 6.07) is 9.74. The van der Waals surface area contributed by atoms with Crippen molar-refractivity contribution in [3.05, 3.63) is 29.8 Å². The molecule has 0 aromatic heterocycles. The molecule has 138 valence electrons. The number of amides is 1. The van der Waals surface area contributed by atoms with Gasteiger partial charge in [0.1, 0.15) is 6.07 Å². The average molecular weight is 355 g/mol. The van der Waals surface area contributed by atoms with E-state index in [0.717, 1.165) is 31.4 Å². The SMILES string of the molecule is N#Cc1ccccc1N1CCN(C(=O)CC2(CC(=O)O)CCCC2)CC1. The number of nitrogens with zero attached hydrogens (tertiary/aromatic N) is 3. The highest BCUT2D eigenvalue weighted by Crippen LogP contribution is 2.44. The highest BCUT2D eigenvalue weighted by atomic mass is 16.4. The van der Waals surface area contributed by atoms with E-state index in [1.807, 2.05) is 29.2 Å². The van der Waals surface area contributed by atoms with Crippen molar-refractivity contribution < 1.29 is 14.7 Å². The summed E-state index contributed by atoms with van der Waals surface area (Å²) >= 11 is 0. The topological polar surface area (TPSA) is 84.6 Å². The Morgan fingerprint density at radius 1 is 1.08 bits per heavy atom. The van der Waals surface area contributed by atoms with Crippen LogP contribution >= 0.6 is 0 Å². The molecule has 2 aliphatic rings. The van der Waals surface area contributed by atoms with Crippen LogP contribution in [0, 0.1) is 16.7 Å². The molecule has 26 heavy (non-hydrogen) atoms. The van der Waals surface area contributed by atoms with Crippen LogP contribution < -0.4 is 4.90 Å². The second-order valence-corrected chi connectivity index (χ2v) is 7.45. The van der Waals surface area contributed by atoms with E-state index in [-0.39, 0.29) is 17.7 Å². The molecule has 0 radical (unpaired) electrons. The minimum Gasteiger partial charge on any atom is -0.481 e. The van der Waals surface area contributed by atoms with Gasteiger partial charge in [-0.2, -0.15) is 5.26 Å². The summed E-state index contributed by atoms with van der Waals surface area (Å²) in [5.74, 6) is -0.737. The number of benzene rings is 1. The molecule has 0 atom stereocenters. The Morgan fingerprint density at radius 3 is 2.35 bits per heavy atom. The monoisotopic (exact) mass is 355 g/mol. The van der Waals surface area contributed by atoms with Crippen LogP contribution in [-0.4, -0.2) is 48.1 Å². The zero-order valence-corrected chi connectivity index (χ0v) is 15.0. The number of piperazine rings is 1. The number of hydrogen-bond acceptors (Lipinski definition) is 4. The van der Waals surface area contributed by atoms with Gasteiger partial charge in [-0.05, 0) is 30.4 Å². The van der Waals surface area contributed by atoms with Crippen molar-refractivity contribution in [1.82, 2.24) is 4.90 Å². The molecular weight excluding hydrogens is 330 g/mol. The Hall–Kier alpha value is -2.55. The van der Waals surface area contributed by atoms with Crippen molar-refractivity contribution >= 4 is 17.6 Å². The van der Waals surface area contributed by atoms with Crippen molar-refractivity contribution in [3.8, 4) is 6.07 Å². The standard InChI is InChI=1S/C20H25N3O3/c21-15-16-5-1-2-6-17(16)22-9-11-23(12-10-22)18(24)13-20(14-19(25)26)7-3-4-8-20/h1-2,5-6H,3-4,7-14H2,(H,25,26). The number of hydrogen-bond donors (Lipinski definition) is 1. The highest BCUT2D eigenvalue weighted by molar-refractivity contribution is 5.78. The third kappa shape index (κ3) is 3.98. The van der Waals surface area contributed by atoms with Crippen molar-refractivity contribution in [1.29, 1.82) is 5.26 Å². The van der Waals surface area contributed by atoms with Gasteiger partial charge in [0.2, 0.25) is 5.91 Å². The molecule has 1 saturated carbocycles. The maximum absolute atomic E-state index is 12.8. The minimum absolute atomic E-state index is 0.0707. The lowest BCUT2D eigenvalue weighted by atomic mass is 9.79. The zero-order valence-electron chi connectivity index (χ0n) is 15.0. The van der Waals surface area contributed by atoms with Crippen LogP contribution in [0.1, 0.15) is 44.1 Å². The number of carboxylic acids is 1. The quantitative estimate of drug-likeness (QED) is 0.878. The summed E-state index contributed by atoms with van der Waals surface area (Å²) in [5, 5.41) is 18.5. The molecule has 1 heterocycles. The van der Waals surface area contributed by atoms with Crippen molar-refractivity contribution in [2.45, 2.75) is 38.5 Å². The number of rotatable bonds is 5. The lowest BCUT2D eigenvalue weighted by Gasteiger charge is -2.38. The first kappa shape index (κ1) is 18.2. The van der Waals surface area contributed by atoms with Crippen LogP contribution in [0.2, 0.25) is 0 Å². The summed E-state index contributed by atoms with van der Waals surface area (Å²) in [5.41, 5.74) is 1.21. The molecule has 0 spiro atoms. The molecule has 1 aliphatic heterocycles. The van der Waals surface area contributed by atoms with E-state index in [0.29, 0.717) is 38.2 Å². The first-order valence-electron chi connectivity index (χ1n) is 9.27. The maximum atomic E-state index is 12.8. The van der Waals surface area contributed by atoms with Crippen LogP contribution in [0.3, 0.4) is 0 Å². The lowest BCUT2D eigenvalue weighted by molar-refractivity contribution is -0.141. The smallest absolute Gasteiger partial charge is 0.303 e. The first-order valence-corrected chi connectivity index (χ1v) is 9.27. The highest BCUT2D eigenvalue weighted by Gasteiger charge is 2.39. The van der Waals surface area contributed by atoms with Crippen LogP contribution in [-0.2, 0) is 9.59 Å². The maximum Gasteiger partial charge on any atom is 0.303 e. The van der Waals surface area contributed by atoms with Gasteiger partial charge in [-0.3, -0.25) is 9.59 Å². The Bertz CT molecular complexity index is 711. The van der Waals surface area contributed by atoms with Crippen LogP contribution in [0.5, 0.6) is 0 Å². The number of carbonyl (C=O) groups excluding carboxylic acids is 1. The van der Waals surface area contributed by atoms with E-state index in [2.05, 4.69) is 11.0 Å². The van der Waals surface area contributed by atoms with Crippen LogP contribution in [0.25, 0.3) is 0 Å². The van der Waals surface area contributed by atoms with E-state index in [4.69, 9.17) is 0 Å². The summed E-state index contributed by atoms with van der Waals surface area (Å²) in [6.45, 7) is 2.61. The number of carbonyl (C=O) groups is 2. The number of para-hydroxylation sites is 1. The summed E-state index contributed by atoms with van der Waals surface area (Å²) < 4.78 is 0. The molecule has 3 rings (SSSR count). The molecule has 1 saturated heterocycles. The van der Waals surface area contributed by atoms with Crippen molar-refractivity contribution in [2.24, 2.45) is 5.41 Å². The largest absolute Gasteiger partial charge is 0.481 e. The third-order valence-corrected chi connectivity index (χ3v) is 5.71. The van der Waals surface area contributed by atoms with Gasteiger partial charge in [0.05, 0.1) is 17.7 Å². The predicted molar refractivity (Wildman–Crippen MR) is 97.7 cm³/mol. The average Bonchev–Trinajstić information content (AvgIpc) is 3.09. The van der Waals surface area contributed by atoms with Crippen molar-refractivity contribution in [2.75, 3.05) is 31.1 Å². The summed E-state index contributed by atoms with van der Waals surface area (Å²) in [4.78, 5) is 28.0. The van der Waals surface area contributed by atoms with Gasteiger partial charge in [0.15, 0.2) is 0 Å². The zero-order chi connectivity index (χ0) is 18.6. The van der Waals surface area contributed by atoms with Crippen LogP contribution in [0.15, 0.2) is 24.3 Å². The van der Waals surface area contributed by atoms with E-state index in [9.17, 15) is 20.0 Å². The number of nitriles is 1. The van der Waals surface area contributed by atoms with Gasteiger partial charge in [0.25, 0.3) is 0 Å². The molecular formula is C20H25N3O3. The lowest BCUT2D eigenvalue weighted by Crippen LogP contribution is -2.50. The fraction of sp³-hybridized carbons (Fsp3) is 0.550. The third-order valence-electron chi connectivity index (χ3n) is 5.71. The van der Waals surface area contributed by atoms with E-state index in [1.54, 1.807) is 0 Å². The number of anilines is 1. The van der Waals surface area contributed by atoms with Gasteiger partial charge in [-0.15, -0.1) is 0 Å². The molecule has 0 bridgehead atoms. The molecule has 2 fully saturated rings. The Balaban J connectivity index is 1.60. The molecule has 6 heteroatoms. The van der Waals surface area contributed by atoms with Gasteiger partial charge < -0.3 is 14.9 Å². The Labute approximate surface area is 154 Å². The molecule has 6 nitrogen and oxygen atoms in total. The number of aliphatic carboxylic acids is 1. The van der Waals surface area contributed by atoms with Gasteiger partial charge in [-0.1, -0.05) is 25.0 Å². The van der Waals surface area contributed by atoms with E-state index < -0.39 is 5.97 Å². The molecule has 1 aliphatic carbocycles. The predicted octanol–water partition coefficient (Wildman–Crippen LogP) is 2.63. The second-order valence-electron chi connectivity index (χ2n) is 7.45. The second kappa shape index (κ2) is 7.77. The number of carboxylic acid groups (broad SMARTS) is 1. The van der Waals surface area contributed by atoms with Gasteiger partial charge >= 0.3 is 5.97 Å². The summed E-state index contributed by atoms with van der Waals surface area (Å²) in [6.07, 6.45) is 4.13.